The molecule has 1 saturated heterocycles. The molecular weight excluding hydrogens is 274 g/mol. The number of aliphatic hydroxyl groups is 2. The molecule has 2 N–H and O–H groups in total. The van der Waals surface area contributed by atoms with E-state index in [9.17, 15) is 10.2 Å². The Labute approximate surface area is 124 Å². The summed E-state index contributed by atoms with van der Waals surface area (Å²) < 4.78 is 12.6. The van der Waals surface area contributed by atoms with Gasteiger partial charge in [0.2, 0.25) is 0 Å². The Hall–Kier alpha value is -1.02. The van der Waals surface area contributed by atoms with Gasteiger partial charge in [-0.1, -0.05) is 26.0 Å². The second-order valence-corrected chi connectivity index (χ2v) is 6.15. The van der Waals surface area contributed by atoms with Crippen molar-refractivity contribution in [2.75, 3.05) is 7.11 Å². The van der Waals surface area contributed by atoms with Gasteiger partial charge < -0.3 is 19.7 Å². The van der Waals surface area contributed by atoms with Crippen molar-refractivity contribution in [3.05, 3.63) is 11.9 Å². The molecule has 21 heavy (non-hydrogen) atoms. The van der Waals surface area contributed by atoms with E-state index in [-0.39, 0.29) is 5.92 Å². The number of methoxy groups -OCH3 is 1. The molecule has 7 nitrogen and oxygen atoms in total. The van der Waals surface area contributed by atoms with E-state index in [0.29, 0.717) is 12.5 Å². The van der Waals surface area contributed by atoms with Crippen molar-refractivity contribution in [1.82, 2.24) is 15.0 Å². The van der Waals surface area contributed by atoms with Gasteiger partial charge >= 0.3 is 0 Å². The van der Waals surface area contributed by atoms with Gasteiger partial charge in [-0.05, 0) is 12.3 Å². The van der Waals surface area contributed by atoms with Crippen LogP contribution >= 0.6 is 0 Å². The number of nitrogens with zero attached hydrogens (tertiary/aromatic N) is 3. The second-order valence-electron chi connectivity index (χ2n) is 6.15. The minimum Gasteiger partial charge on any atom is -0.390 e. The van der Waals surface area contributed by atoms with Crippen LogP contribution in [0.15, 0.2) is 6.20 Å². The van der Waals surface area contributed by atoms with Crippen molar-refractivity contribution < 1.29 is 19.7 Å². The van der Waals surface area contributed by atoms with Gasteiger partial charge in [0.15, 0.2) is 6.29 Å². The summed E-state index contributed by atoms with van der Waals surface area (Å²) in [5.41, 5.74) is 0.910. The minimum absolute atomic E-state index is 0.284. The van der Waals surface area contributed by atoms with E-state index in [4.69, 9.17) is 9.47 Å². The maximum Gasteiger partial charge on any atom is 0.162 e. The first kappa shape index (κ1) is 16.4. The summed E-state index contributed by atoms with van der Waals surface area (Å²) in [5.74, 6) is 0.223. The van der Waals surface area contributed by atoms with Gasteiger partial charge in [0.25, 0.3) is 0 Å². The van der Waals surface area contributed by atoms with Gasteiger partial charge in [-0.3, -0.25) is 0 Å². The van der Waals surface area contributed by atoms with E-state index in [1.165, 1.54) is 7.11 Å². The van der Waals surface area contributed by atoms with Gasteiger partial charge in [-0.25, -0.2) is 4.68 Å². The minimum atomic E-state index is -0.968. The molecule has 5 unspecified atom stereocenters. The van der Waals surface area contributed by atoms with Gasteiger partial charge in [-0.15, -0.1) is 5.10 Å². The zero-order chi connectivity index (χ0) is 15.6. The summed E-state index contributed by atoms with van der Waals surface area (Å²) in [6, 6.07) is 0. The summed E-state index contributed by atoms with van der Waals surface area (Å²) >= 11 is 0. The summed E-state index contributed by atoms with van der Waals surface area (Å²) in [7, 11) is 1.53. The lowest BCUT2D eigenvalue weighted by Crippen LogP contribution is -2.55. The van der Waals surface area contributed by atoms with E-state index >= 15 is 0 Å². The van der Waals surface area contributed by atoms with Crippen LogP contribution in [-0.4, -0.2) is 56.9 Å². The largest absolute Gasteiger partial charge is 0.390 e. The molecule has 0 bridgehead atoms. The van der Waals surface area contributed by atoms with Crippen LogP contribution in [0.5, 0.6) is 0 Å². The standard InChI is InChI=1S/C14H25N3O4/c1-8(2)5-10-6-17(16-15-10)7-11-13(19)12(18)9(3)14(20-4)21-11/h6,8-9,11-14,18-19H,5,7H2,1-4H3. The molecule has 0 saturated carbocycles. The average molecular weight is 299 g/mol. The van der Waals surface area contributed by atoms with Crippen LogP contribution in [0.4, 0.5) is 0 Å². The Morgan fingerprint density at radius 1 is 1.38 bits per heavy atom. The first-order chi connectivity index (χ1) is 9.92. The van der Waals surface area contributed by atoms with Crippen molar-refractivity contribution in [3.8, 4) is 0 Å². The van der Waals surface area contributed by atoms with E-state index < -0.39 is 24.6 Å². The molecule has 0 radical (unpaired) electrons. The van der Waals surface area contributed by atoms with E-state index in [1.807, 2.05) is 6.20 Å². The maximum absolute atomic E-state index is 10.1. The number of rotatable bonds is 5. The Morgan fingerprint density at radius 2 is 2.10 bits per heavy atom. The summed E-state index contributed by atoms with van der Waals surface area (Å²) in [6.07, 6.45) is -0.255. The molecule has 1 aliphatic rings. The molecule has 120 valence electrons. The summed E-state index contributed by atoms with van der Waals surface area (Å²) in [5, 5.41) is 28.4. The number of aromatic nitrogens is 3. The quantitative estimate of drug-likeness (QED) is 0.807. The van der Waals surface area contributed by atoms with Crippen LogP contribution in [0, 0.1) is 11.8 Å². The molecule has 0 aromatic carbocycles. The fourth-order valence-electron chi connectivity index (χ4n) is 2.61. The van der Waals surface area contributed by atoms with Crippen molar-refractivity contribution in [1.29, 1.82) is 0 Å². The fourth-order valence-corrected chi connectivity index (χ4v) is 2.61. The van der Waals surface area contributed by atoms with E-state index in [0.717, 1.165) is 12.1 Å². The zero-order valence-corrected chi connectivity index (χ0v) is 13.0. The summed E-state index contributed by atoms with van der Waals surface area (Å²) in [4.78, 5) is 0. The lowest BCUT2D eigenvalue weighted by Gasteiger charge is -2.40. The number of aliphatic hydroxyl groups excluding tert-OH is 2. The molecule has 2 rings (SSSR count). The second kappa shape index (κ2) is 6.83. The normalized spacial score (nSPS) is 33.6. The smallest absolute Gasteiger partial charge is 0.162 e. The van der Waals surface area contributed by atoms with E-state index in [1.54, 1.807) is 11.6 Å². The van der Waals surface area contributed by atoms with Crippen LogP contribution in [-0.2, 0) is 22.4 Å². The Kier molecular flexibility index (Phi) is 5.32. The van der Waals surface area contributed by atoms with Crippen molar-refractivity contribution in [2.24, 2.45) is 11.8 Å². The molecule has 2 heterocycles. The Morgan fingerprint density at radius 3 is 2.71 bits per heavy atom. The van der Waals surface area contributed by atoms with Crippen molar-refractivity contribution in [3.63, 3.8) is 0 Å². The fraction of sp³-hybridized carbons (Fsp3) is 0.857. The highest BCUT2D eigenvalue weighted by Gasteiger charge is 2.42. The number of ether oxygens (including phenoxy) is 2. The molecule has 7 heteroatoms. The zero-order valence-electron chi connectivity index (χ0n) is 13.0. The third-order valence-corrected chi connectivity index (χ3v) is 3.81. The molecule has 0 spiro atoms. The van der Waals surface area contributed by atoms with Crippen LogP contribution in [0.1, 0.15) is 26.5 Å². The molecule has 5 atom stereocenters. The predicted octanol–water partition coefficient (Wildman–Crippen LogP) is 0.206. The molecular formula is C14H25N3O4. The number of hydrogen-bond donors (Lipinski definition) is 2. The van der Waals surface area contributed by atoms with Gasteiger partial charge in [0.05, 0.1) is 18.3 Å². The first-order valence-corrected chi connectivity index (χ1v) is 7.35. The first-order valence-electron chi connectivity index (χ1n) is 7.35. The van der Waals surface area contributed by atoms with Gasteiger partial charge in [-0.2, -0.15) is 0 Å². The number of hydrogen-bond acceptors (Lipinski definition) is 6. The lowest BCUT2D eigenvalue weighted by molar-refractivity contribution is -0.272. The van der Waals surface area contributed by atoms with Gasteiger partial charge in [0.1, 0.15) is 12.2 Å². The molecule has 0 amide bonds. The SMILES string of the molecule is COC1OC(Cn2cc(CC(C)C)nn2)C(O)C(O)C1C. The molecule has 0 aliphatic carbocycles. The highest BCUT2D eigenvalue weighted by atomic mass is 16.7. The molecule has 1 fully saturated rings. The topological polar surface area (TPSA) is 89.6 Å². The molecule has 1 aromatic heterocycles. The van der Waals surface area contributed by atoms with Crippen LogP contribution in [0.3, 0.4) is 0 Å². The maximum atomic E-state index is 10.1. The van der Waals surface area contributed by atoms with Crippen LogP contribution in [0.25, 0.3) is 0 Å². The Balaban J connectivity index is 2.02. The lowest BCUT2D eigenvalue weighted by atomic mass is 9.92. The van der Waals surface area contributed by atoms with Crippen LogP contribution in [0.2, 0.25) is 0 Å². The molecule has 1 aromatic rings. The van der Waals surface area contributed by atoms with E-state index in [2.05, 4.69) is 24.2 Å². The highest BCUT2D eigenvalue weighted by Crippen LogP contribution is 2.27. The third kappa shape index (κ3) is 3.79. The summed E-state index contributed by atoms with van der Waals surface area (Å²) in [6.45, 7) is 6.35. The monoisotopic (exact) mass is 299 g/mol. The van der Waals surface area contributed by atoms with Crippen LogP contribution < -0.4 is 0 Å². The van der Waals surface area contributed by atoms with Crippen molar-refractivity contribution >= 4 is 0 Å². The molecule has 1 aliphatic heterocycles. The highest BCUT2D eigenvalue weighted by molar-refractivity contribution is 4.94. The predicted molar refractivity (Wildman–Crippen MR) is 75.4 cm³/mol. The third-order valence-electron chi connectivity index (χ3n) is 3.81. The van der Waals surface area contributed by atoms with Crippen molar-refractivity contribution in [2.45, 2.75) is 58.3 Å². The average Bonchev–Trinajstić information content (AvgIpc) is 2.86. The Bertz CT molecular complexity index is 449. The van der Waals surface area contributed by atoms with Gasteiger partial charge in [0, 0.05) is 19.2 Å².